The fraction of sp³-hybridized carbons (Fsp3) is 0.350. The highest BCUT2D eigenvalue weighted by molar-refractivity contribution is 6.36. The van der Waals surface area contributed by atoms with Gasteiger partial charge in [0.25, 0.3) is 5.91 Å². The highest BCUT2D eigenvalue weighted by Crippen LogP contribution is 2.29. The van der Waals surface area contributed by atoms with Gasteiger partial charge in [-0.2, -0.15) is 0 Å². The molecule has 1 aliphatic heterocycles. The Morgan fingerprint density at radius 1 is 1.22 bits per heavy atom. The van der Waals surface area contributed by atoms with Crippen LogP contribution in [0.3, 0.4) is 0 Å². The van der Waals surface area contributed by atoms with Crippen LogP contribution in [0.15, 0.2) is 36.4 Å². The van der Waals surface area contributed by atoms with Crippen LogP contribution in [0.1, 0.15) is 28.8 Å². The third-order valence-corrected chi connectivity index (χ3v) is 4.85. The van der Waals surface area contributed by atoms with Gasteiger partial charge in [0, 0.05) is 18.2 Å². The van der Waals surface area contributed by atoms with Crippen molar-refractivity contribution in [2.75, 3.05) is 20.3 Å². The van der Waals surface area contributed by atoms with Gasteiger partial charge >= 0.3 is 0 Å². The molecule has 1 atom stereocenters. The van der Waals surface area contributed by atoms with E-state index in [1.54, 1.807) is 25.3 Å². The maximum absolute atomic E-state index is 12.3. The van der Waals surface area contributed by atoms with Crippen LogP contribution in [0.5, 0.6) is 11.5 Å². The van der Waals surface area contributed by atoms with E-state index in [0.717, 1.165) is 25.0 Å². The molecule has 0 bridgehead atoms. The fourth-order valence-electron chi connectivity index (χ4n) is 2.85. The van der Waals surface area contributed by atoms with Crippen molar-refractivity contribution in [3.8, 4) is 11.5 Å². The minimum Gasteiger partial charge on any atom is -0.493 e. The molecule has 0 saturated carbocycles. The van der Waals surface area contributed by atoms with Crippen molar-refractivity contribution in [1.29, 1.82) is 0 Å². The predicted octanol–water partition coefficient (Wildman–Crippen LogP) is 4.49. The van der Waals surface area contributed by atoms with Crippen LogP contribution in [0, 0.1) is 0 Å². The van der Waals surface area contributed by atoms with Crippen molar-refractivity contribution in [1.82, 2.24) is 5.32 Å². The highest BCUT2D eigenvalue weighted by atomic mass is 35.5. The average molecular weight is 410 g/mol. The molecule has 1 amide bonds. The van der Waals surface area contributed by atoms with E-state index in [2.05, 4.69) is 5.32 Å². The van der Waals surface area contributed by atoms with E-state index in [4.69, 9.17) is 37.4 Å². The largest absolute Gasteiger partial charge is 0.493 e. The monoisotopic (exact) mass is 409 g/mol. The number of carbonyl (C=O) groups excluding carboxylic acids is 1. The summed E-state index contributed by atoms with van der Waals surface area (Å²) >= 11 is 11.9. The summed E-state index contributed by atoms with van der Waals surface area (Å²) in [5.74, 6) is 1.00. The van der Waals surface area contributed by atoms with Gasteiger partial charge < -0.3 is 19.5 Å². The summed E-state index contributed by atoms with van der Waals surface area (Å²) in [6.07, 6.45) is 2.22. The first-order valence-corrected chi connectivity index (χ1v) is 9.47. The van der Waals surface area contributed by atoms with E-state index in [1.165, 1.54) is 0 Å². The zero-order valence-corrected chi connectivity index (χ0v) is 16.5. The van der Waals surface area contributed by atoms with Gasteiger partial charge in [0.15, 0.2) is 11.5 Å². The summed E-state index contributed by atoms with van der Waals surface area (Å²) in [5, 5.41) is 3.64. The average Bonchev–Trinajstić information content (AvgIpc) is 3.18. The van der Waals surface area contributed by atoms with Crippen LogP contribution >= 0.6 is 23.2 Å². The SMILES string of the molecule is COc1cc(CNC(=O)c2ccc(Cl)cc2Cl)ccc1OC[C@H]1CCCO1. The summed E-state index contributed by atoms with van der Waals surface area (Å²) in [5.41, 5.74) is 1.26. The zero-order chi connectivity index (χ0) is 19.2. The van der Waals surface area contributed by atoms with Crippen LogP contribution < -0.4 is 14.8 Å². The van der Waals surface area contributed by atoms with Crippen molar-refractivity contribution >= 4 is 29.1 Å². The molecule has 0 spiro atoms. The van der Waals surface area contributed by atoms with Gasteiger partial charge in [0.05, 0.1) is 23.8 Å². The van der Waals surface area contributed by atoms with Crippen molar-refractivity contribution in [3.63, 3.8) is 0 Å². The van der Waals surface area contributed by atoms with E-state index >= 15 is 0 Å². The van der Waals surface area contributed by atoms with E-state index in [1.807, 2.05) is 18.2 Å². The van der Waals surface area contributed by atoms with Gasteiger partial charge in [-0.05, 0) is 48.7 Å². The summed E-state index contributed by atoms with van der Waals surface area (Å²) < 4.78 is 16.8. The second-order valence-electron chi connectivity index (χ2n) is 6.24. The summed E-state index contributed by atoms with van der Waals surface area (Å²) in [4.78, 5) is 12.3. The molecule has 144 valence electrons. The molecule has 0 aliphatic carbocycles. The maximum Gasteiger partial charge on any atom is 0.253 e. The summed E-state index contributed by atoms with van der Waals surface area (Å²) in [6.45, 7) is 1.63. The number of rotatable bonds is 7. The molecule has 27 heavy (non-hydrogen) atoms. The Balaban J connectivity index is 1.60. The molecular formula is C20H21Cl2NO4. The molecule has 0 unspecified atom stereocenters. The molecule has 1 saturated heterocycles. The molecule has 2 aromatic carbocycles. The Morgan fingerprint density at radius 3 is 2.78 bits per heavy atom. The van der Waals surface area contributed by atoms with E-state index in [9.17, 15) is 4.79 Å². The Kier molecular flexibility index (Phi) is 6.83. The topological polar surface area (TPSA) is 56.8 Å². The fourth-order valence-corrected chi connectivity index (χ4v) is 3.35. The lowest BCUT2D eigenvalue weighted by Gasteiger charge is -2.15. The molecule has 3 rings (SSSR count). The number of hydrogen-bond acceptors (Lipinski definition) is 4. The van der Waals surface area contributed by atoms with Crippen LogP contribution in [-0.4, -0.2) is 32.3 Å². The second-order valence-corrected chi connectivity index (χ2v) is 7.08. The molecule has 7 heteroatoms. The summed E-state index contributed by atoms with van der Waals surface area (Å²) in [6, 6.07) is 10.3. The second kappa shape index (κ2) is 9.31. The Hall–Kier alpha value is -1.95. The summed E-state index contributed by atoms with van der Waals surface area (Å²) in [7, 11) is 1.59. The van der Waals surface area contributed by atoms with Crippen LogP contribution in [0.2, 0.25) is 10.0 Å². The van der Waals surface area contributed by atoms with Crippen LogP contribution in [0.4, 0.5) is 0 Å². The van der Waals surface area contributed by atoms with Crippen LogP contribution in [0.25, 0.3) is 0 Å². The molecule has 2 aromatic rings. The number of nitrogens with one attached hydrogen (secondary N) is 1. The van der Waals surface area contributed by atoms with Crippen molar-refractivity contribution in [3.05, 3.63) is 57.6 Å². The van der Waals surface area contributed by atoms with Crippen molar-refractivity contribution in [2.45, 2.75) is 25.5 Å². The lowest BCUT2D eigenvalue weighted by molar-refractivity contribution is 0.0669. The molecule has 1 fully saturated rings. The van der Waals surface area contributed by atoms with E-state index in [-0.39, 0.29) is 12.0 Å². The maximum atomic E-state index is 12.3. The Bertz CT molecular complexity index is 807. The molecule has 1 N–H and O–H groups in total. The molecule has 1 aliphatic rings. The van der Waals surface area contributed by atoms with Crippen molar-refractivity contribution < 1.29 is 19.0 Å². The number of benzene rings is 2. The molecule has 0 aromatic heterocycles. The van der Waals surface area contributed by atoms with Gasteiger partial charge in [-0.15, -0.1) is 0 Å². The van der Waals surface area contributed by atoms with E-state index in [0.29, 0.717) is 40.3 Å². The number of ether oxygens (including phenoxy) is 3. The zero-order valence-electron chi connectivity index (χ0n) is 15.0. The Morgan fingerprint density at radius 2 is 2.07 bits per heavy atom. The van der Waals surface area contributed by atoms with Gasteiger partial charge in [-0.1, -0.05) is 29.3 Å². The lowest BCUT2D eigenvalue weighted by atomic mass is 10.1. The van der Waals surface area contributed by atoms with Gasteiger partial charge in [0.2, 0.25) is 0 Å². The first kappa shape index (κ1) is 19.8. The van der Waals surface area contributed by atoms with Crippen LogP contribution in [-0.2, 0) is 11.3 Å². The molecule has 0 radical (unpaired) electrons. The van der Waals surface area contributed by atoms with Gasteiger partial charge in [-0.25, -0.2) is 0 Å². The minimum absolute atomic E-state index is 0.137. The minimum atomic E-state index is -0.269. The van der Waals surface area contributed by atoms with E-state index < -0.39 is 0 Å². The first-order valence-electron chi connectivity index (χ1n) is 8.71. The normalized spacial score (nSPS) is 16.2. The number of methoxy groups -OCH3 is 1. The molecule has 1 heterocycles. The Labute approximate surface area is 168 Å². The smallest absolute Gasteiger partial charge is 0.253 e. The van der Waals surface area contributed by atoms with Gasteiger partial charge in [-0.3, -0.25) is 4.79 Å². The molecular weight excluding hydrogens is 389 g/mol. The third kappa shape index (κ3) is 5.28. The quantitative estimate of drug-likeness (QED) is 0.731. The molecule has 5 nitrogen and oxygen atoms in total. The lowest BCUT2D eigenvalue weighted by Crippen LogP contribution is -2.23. The standard InChI is InChI=1S/C20H21Cl2NO4/c1-25-19-9-13(4-7-18(19)27-12-15-3-2-8-26-15)11-23-20(24)16-6-5-14(21)10-17(16)22/h4-7,9-10,15H,2-3,8,11-12H2,1H3,(H,23,24)/t15-/m1/s1. The van der Waals surface area contributed by atoms with Crippen molar-refractivity contribution in [2.24, 2.45) is 0 Å². The highest BCUT2D eigenvalue weighted by Gasteiger charge is 2.17. The number of halogens is 2. The number of carbonyl (C=O) groups is 1. The number of hydrogen-bond donors (Lipinski definition) is 1. The predicted molar refractivity (Wildman–Crippen MR) is 105 cm³/mol. The third-order valence-electron chi connectivity index (χ3n) is 4.31. The number of amides is 1. The first-order chi connectivity index (χ1) is 13.1. The van der Waals surface area contributed by atoms with Gasteiger partial charge in [0.1, 0.15) is 6.61 Å².